The molecule has 0 aromatic rings. The second-order valence-electron chi connectivity index (χ2n) is 5.65. The first-order valence-corrected chi connectivity index (χ1v) is 7.28. The molecule has 0 unspecified atom stereocenters. The average Bonchev–Trinajstić information content (AvgIpc) is 2.37. The lowest BCUT2D eigenvalue weighted by Crippen LogP contribution is -2.46. The van der Waals surface area contributed by atoms with Crippen LogP contribution in [0.15, 0.2) is 0 Å². The molecule has 1 rings (SSSR count). The zero-order valence-electron chi connectivity index (χ0n) is 12.6. The van der Waals surface area contributed by atoms with Gasteiger partial charge < -0.3 is 19.9 Å². The number of methoxy groups -OCH3 is 1. The third-order valence-electron chi connectivity index (χ3n) is 3.86. The molecule has 108 valence electrons. The van der Waals surface area contributed by atoms with E-state index in [4.69, 9.17) is 4.74 Å². The van der Waals surface area contributed by atoms with Gasteiger partial charge in [0.05, 0.1) is 6.61 Å². The number of rotatable bonds is 8. The monoisotopic (exact) mass is 257 g/mol. The van der Waals surface area contributed by atoms with Gasteiger partial charge >= 0.3 is 0 Å². The van der Waals surface area contributed by atoms with Gasteiger partial charge in [0.15, 0.2) is 0 Å². The van der Waals surface area contributed by atoms with Gasteiger partial charge in [0.25, 0.3) is 0 Å². The van der Waals surface area contributed by atoms with Gasteiger partial charge in [0.2, 0.25) is 0 Å². The minimum absolute atomic E-state index is 0.700. The van der Waals surface area contributed by atoms with E-state index in [0.717, 1.165) is 32.3 Å². The van der Waals surface area contributed by atoms with Crippen molar-refractivity contribution in [1.29, 1.82) is 0 Å². The van der Waals surface area contributed by atoms with E-state index >= 15 is 0 Å². The summed E-state index contributed by atoms with van der Waals surface area (Å²) in [7, 11) is 3.91. The topological polar surface area (TPSA) is 27.7 Å². The maximum absolute atomic E-state index is 5.08. The zero-order valence-corrected chi connectivity index (χ0v) is 12.6. The Morgan fingerprint density at radius 2 is 1.94 bits per heavy atom. The van der Waals surface area contributed by atoms with Crippen LogP contribution in [0.2, 0.25) is 0 Å². The van der Waals surface area contributed by atoms with Crippen LogP contribution in [-0.4, -0.2) is 75.4 Å². The van der Waals surface area contributed by atoms with Gasteiger partial charge in [-0.1, -0.05) is 0 Å². The molecule has 0 amide bonds. The summed E-state index contributed by atoms with van der Waals surface area (Å²) in [5, 5.41) is 3.68. The van der Waals surface area contributed by atoms with E-state index < -0.39 is 0 Å². The minimum atomic E-state index is 0.700. The lowest BCUT2D eigenvalue weighted by Gasteiger charge is -2.35. The molecule has 18 heavy (non-hydrogen) atoms. The fraction of sp³-hybridized carbons (Fsp3) is 1.00. The van der Waals surface area contributed by atoms with E-state index in [1.807, 2.05) is 0 Å². The highest BCUT2D eigenvalue weighted by Gasteiger charge is 2.19. The number of ether oxygens (including phenoxy) is 1. The van der Waals surface area contributed by atoms with Crippen LogP contribution in [0.3, 0.4) is 0 Å². The number of likely N-dealkylation sites (tertiary alicyclic amines) is 1. The van der Waals surface area contributed by atoms with Crippen molar-refractivity contribution < 1.29 is 4.74 Å². The first kappa shape index (κ1) is 15.9. The van der Waals surface area contributed by atoms with Gasteiger partial charge in [-0.2, -0.15) is 0 Å². The molecule has 0 aromatic carbocycles. The summed E-state index contributed by atoms with van der Waals surface area (Å²) in [6, 6.07) is 1.42. The highest BCUT2D eigenvalue weighted by atomic mass is 16.5. The number of hydrogen-bond acceptors (Lipinski definition) is 4. The molecule has 0 aromatic heterocycles. The Morgan fingerprint density at radius 1 is 1.28 bits per heavy atom. The number of nitrogens with zero attached hydrogens (tertiary/aromatic N) is 2. The summed E-state index contributed by atoms with van der Waals surface area (Å²) in [4.78, 5) is 4.89. The second-order valence-corrected chi connectivity index (χ2v) is 5.65. The third-order valence-corrected chi connectivity index (χ3v) is 3.86. The normalized spacial score (nSPS) is 19.0. The molecule has 0 spiro atoms. The molecule has 1 N–H and O–H groups in total. The minimum Gasteiger partial charge on any atom is -0.383 e. The van der Waals surface area contributed by atoms with E-state index in [9.17, 15) is 0 Å². The predicted molar refractivity (Wildman–Crippen MR) is 77.1 cm³/mol. The van der Waals surface area contributed by atoms with Crippen LogP contribution >= 0.6 is 0 Å². The molecule has 0 bridgehead atoms. The molecule has 0 aliphatic carbocycles. The number of hydrogen-bond donors (Lipinski definition) is 1. The smallest absolute Gasteiger partial charge is 0.0589 e. The van der Waals surface area contributed by atoms with Crippen LogP contribution in [-0.2, 0) is 4.74 Å². The number of likely N-dealkylation sites (N-methyl/N-ethyl adjacent to an activating group) is 1. The van der Waals surface area contributed by atoms with Gasteiger partial charge in [-0.05, 0) is 46.8 Å². The maximum atomic E-state index is 5.08. The largest absolute Gasteiger partial charge is 0.383 e. The molecule has 0 saturated carbocycles. The van der Waals surface area contributed by atoms with Gasteiger partial charge in [-0.25, -0.2) is 0 Å². The van der Waals surface area contributed by atoms with Crippen molar-refractivity contribution >= 4 is 0 Å². The maximum Gasteiger partial charge on any atom is 0.0589 e. The van der Waals surface area contributed by atoms with Gasteiger partial charge in [-0.3, -0.25) is 0 Å². The fourth-order valence-electron chi connectivity index (χ4n) is 2.44. The van der Waals surface area contributed by atoms with Crippen molar-refractivity contribution in [2.75, 3.05) is 53.5 Å². The van der Waals surface area contributed by atoms with E-state index in [1.165, 1.54) is 25.9 Å². The Bertz CT molecular complexity index is 203. The van der Waals surface area contributed by atoms with Crippen LogP contribution in [0.5, 0.6) is 0 Å². The quantitative estimate of drug-likeness (QED) is 0.703. The molecular weight excluding hydrogens is 226 g/mol. The van der Waals surface area contributed by atoms with E-state index in [1.54, 1.807) is 7.11 Å². The van der Waals surface area contributed by atoms with Crippen molar-refractivity contribution in [2.45, 2.75) is 38.8 Å². The molecule has 4 heteroatoms. The summed E-state index contributed by atoms with van der Waals surface area (Å²) < 4.78 is 5.08. The van der Waals surface area contributed by atoms with Gasteiger partial charge in [0.1, 0.15) is 0 Å². The summed E-state index contributed by atoms with van der Waals surface area (Å²) in [5.74, 6) is 0. The molecule has 0 atom stereocenters. The Hall–Kier alpha value is -0.160. The Labute approximate surface area is 113 Å². The summed E-state index contributed by atoms with van der Waals surface area (Å²) in [5.41, 5.74) is 0. The lowest BCUT2D eigenvalue weighted by molar-refractivity contribution is 0.151. The Balaban J connectivity index is 2.04. The molecule has 1 aliphatic heterocycles. The first-order chi connectivity index (χ1) is 8.63. The fourth-order valence-corrected chi connectivity index (χ4v) is 2.44. The van der Waals surface area contributed by atoms with Crippen LogP contribution in [0.4, 0.5) is 0 Å². The van der Waals surface area contributed by atoms with Crippen molar-refractivity contribution in [1.82, 2.24) is 15.1 Å². The van der Waals surface area contributed by atoms with E-state index in [0.29, 0.717) is 6.04 Å². The zero-order chi connectivity index (χ0) is 13.4. The summed E-state index contributed by atoms with van der Waals surface area (Å²) in [6.45, 7) is 11.1. The van der Waals surface area contributed by atoms with Gasteiger partial charge in [0, 0.05) is 38.8 Å². The highest BCUT2D eigenvalue weighted by molar-refractivity contribution is 4.78. The van der Waals surface area contributed by atoms with Crippen LogP contribution in [0.25, 0.3) is 0 Å². The Kier molecular flexibility index (Phi) is 7.82. The van der Waals surface area contributed by atoms with Crippen molar-refractivity contribution in [3.8, 4) is 0 Å². The van der Waals surface area contributed by atoms with E-state index in [-0.39, 0.29) is 0 Å². The van der Waals surface area contributed by atoms with Gasteiger partial charge in [-0.15, -0.1) is 0 Å². The predicted octanol–water partition coefficient (Wildman–Crippen LogP) is 1.03. The molecule has 1 saturated heterocycles. The average molecular weight is 257 g/mol. The molecule has 1 fully saturated rings. The Morgan fingerprint density at radius 3 is 2.50 bits per heavy atom. The molecule has 1 aliphatic rings. The standard InChI is InChI=1S/C14H31N3O/c1-13(2)17-8-5-14(6-9-17)15-7-10-16(3)11-12-18-4/h13-15H,5-12H2,1-4H3. The van der Waals surface area contributed by atoms with Crippen molar-refractivity contribution in [2.24, 2.45) is 0 Å². The van der Waals surface area contributed by atoms with Crippen LogP contribution in [0.1, 0.15) is 26.7 Å². The third kappa shape index (κ3) is 6.14. The number of piperidine rings is 1. The molecule has 1 heterocycles. The van der Waals surface area contributed by atoms with Crippen LogP contribution < -0.4 is 5.32 Å². The first-order valence-electron chi connectivity index (χ1n) is 7.28. The number of nitrogens with one attached hydrogen (secondary N) is 1. The lowest BCUT2D eigenvalue weighted by atomic mass is 10.0. The summed E-state index contributed by atoms with van der Waals surface area (Å²) >= 11 is 0. The summed E-state index contributed by atoms with van der Waals surface area (Å²) in [6.07, 6.45) is 2.58. The van der Waals surface area contributed by atoms with Crippen LogP contribution in [0, 0.1) is 0 Å². The van der Waals surface area contributed by atoms with Crippen molar-refractivity contribution in [3.05, 3.63) is 0 Å². The highest BCUT2D eigenvalue weighted by Crippen LogP contribution is 2.12. The molecular formula is C14H31N3O. The molecule has 0 radical (unpaired) electrons. The second kappa shape index (κ2) is 8.86. The van der Waals surface area contributed by atoms with Crippen molar-refractivity contribution in [3.63, 3.8) is 0 Å². The van der Waals surface area contributed by atoms with E-state index in [2.05, 4.69) is 36.0 Å². The SMILES string of the molecule is COCCN(C)CCNC1CCN(C(C)C)CC1. The molecule has 4 nitrogen and oxygen atoms in total.